The number of carbonyl (C=O) groups is 1. The standard InChI is InChI=1S/C14H20ClN3O2/c1-16-13-8-11(7-12(15)17-13)14(20)18-5-2-3-10(9-18)4-6-19/h7-8,10,19H,2-6,9H2,1H3,(H,16,17). The Balaban J connectivity index is 2.12. The van der Waals surface area contributed by atoms with Gasteiger partial charge in [-0.2, -0.15) is 0 Å². The minimum absolute atomic E-state index is 0.0200. The smallest absolute Gasteiger partial charge is 0.254 e. The molecule has 1 atom stereocenters. The number of carbonyl (C=O) groups excluding carboxylic acids is 1. The van der Waals surface area contributed by atoms with Gasteiger partial charge in [0.05, 0.1) is 0 Å². The van der Waals surface area contributed by atoms with Gasteiger partial charge in [-0.05, 0) is 37.3 Å². The molecular formula is C14H20ClN3O2. The average Bonchev–Trinajstić information content (AvgIpc) is 2.46. The molecule has 5 nitrogen and oxygen atoms in total. The van der Waals surface area contributed by atoms with E-state index in [1.54, 1.807) is 19.2 Å². The van der Waals surface area contributed by atoms with Crippen LogP contribution in [-0.4, -0.2) is 47.6 Å². The quantitative estimate of drug-likeness (QED) is 0.835. The molecule has 1 aliphatic rings. The molecule has 2 rings (SSSR count). The third-order valence-corrected chi connectivity index (χ3v) is 3.83. The zero-order valence-corrected chi connectivity index (χ0v) is 12.4. The minimum Gasteiger partial charge on any atom is -0.396 e. The number of amides is 1. The number of aliphatic hydroxyl groups is 1. The van der Waals surface area contributed by atoms with Crippen LogP contribution in [0, 0.1) is 5.92 Å². The summed E-state index contributed by atoms with van der Waals surface area (Å²) in [4.78, 5) is 18.4. The van der Waals surface area contributed by atoms with E-state index in [-0.39, 0.29) is 12.5 Å². The third-order valence-electron chi connectivity index (χ3n) is 3.64. The van der Waals surface area contributed by atoms with E-state index in [1.807, 2.05) is 4.90 Å². The molecule has 1 aliphatic heterocycles. The first-order valence-corrected chi connectivity index (χ1v) is 7.27. The molecule has 2 heterocycles. The van der Waals surface area contributed by atoms with Crippen molar-refractivity contribution in [2.24, 2.45) is 5.92 Å². The van der Waals surface area contributed by atoms with Crippen molar-refractivity contribution in [3.63, 3.8) is 0 Å². The Morgan fingerprint density at radius 3 is 3.10 bits per heavy atom. The molecule has 0 bridgehead atoms. The molecule has 2 N–H and O–H groups in total. The van der Waals surface area contributed by atoms with Crippen molar-refractivity contribution < 1.29 is 9.90 Å². The van der Waals surface area contributed by atoms with Gasteiger partial charge >= 0.3 is 0 Å². The summed E-state index contributed by atoms with van der Waals surface area (Å²) in [6.07, 6.45) is 2.81. The molecule has 1 saturated heterocycles. The molecule has 0 spiro atoms. The summed E-state index contributed by atoms with van der Waals surface area (Å²) in [7, 11) is 1.74. The molecule has 6 heteroatoms. The van der Waals surface area contributed by atoms with Crippen molar-refractivity contribution in [3.8, 4) is 0 Å². The molecule has 1 fully saturated rings. The summed E-state index contributed by atoms with van der Waals surface area (Å²) < 4.78 is 0. The summed E-state index contributed by atoms with van der Waals surface area (Å²) in [5.74, 6) is 0.956. The largest absolute Gasteiger partial charge is 0.396 e. The Morgan fingerprint density at radius 1 is 1.60 bits per heavy atom. The Labute approximate surface area is 123 Å². The number of aliphatic hydroxyl groups excluding tert-OH is 1. The van der Waals surface area contributed by atoms with E-state index in [2.05, 4.69) is 10.3 Å². The number of nitrogens with zero attached hydrogens (tertiary/aromatic N) is 2. The maximum absolute atomic E-state index is 12.5. The van der Waals surface area contributed by atoms with Gasteiger partial charge in [0.25, 0.3) is 5.91 Å². The van der Waals surface area contributed by atoms with Gasteiger partial charge in [0, 0.05) is 32.3 Å². The lowest BCUT2D eigenvalue weighted by Gasteiger charge is -2.32. The van der Waals surface area contributed by atoms with Gasteiger partial charge < -0.3 is 15.3 Å². The van der Waals surface area contributed by atoms with Gasteiger partial charge in [-0.15, -0.1) is 0 Å². The molecule has 1 amide bonds. The highest BCUT2D eigenvalue weighted by molar-refractivity contribution is 6.29. The Kier molecular flexibility index (Phi) is 5.20. The van der Waals surface area contributed by atoms with Gasteiger partial charge in [-0.25, -0.2) is 4.98 Å². The second-order valence-corrected chi connectivity index (χ2v) is 5.47. The number of pyridine rings is 1. The van der Waals surface area contributed by atoms with Crippen molar-refractivity contribution >= 4 is 23.3 Å². The van der Waals surface area contributed by atoms with Crippen molar-refractivity contribution in [1.29, 1.82) is 0 Å². The lowest BCUT2D eigenvalue weighted by Crippen LogP contribution is -2.40. The first-order chi connectivity index (χ1) is 9.63. The van der Waals surface area contributed by atoms with Crippen LogP contribution in [0.4, 0.5) is 5.82 Å². The van der Waals surface area contributed by atoms with E-state index in [4.69, 9.17) is 16.7 Å². The van der Waals surface area contributed by atoms with Gasteiger partial charge in [0.2, 0.25) is 0 Å². The maximum atomic E-state index is 12.5. The average molecular weight is 298 g/mol. The molecule has 0 radical (unpaired) electrons. The molecule has 110 valence electrons. The van der Waals surface area contributed by atoms with Crippen LogP contribution >= 0.6 is 11.6 Å². The van der Waals surface area contributed by atoms with E-state index >= 15 is 0 Å². The van der Waals surface area contributed by atoms with Crippen LogP contribution in [0.25, 0.3) is 0 Å². The van der Waals surface area contributed by atoms with E-state index in [0.717, 1.165) is 25.8 Å². The van der Waals surface area contributed by atoms with Crippen molar-refractivity contribution in [2.75, 3.05) is 32.1 Å². The Morgan fingerprint density at radius 2 is 2.40 bits per heavy atom. The number of rotatable bonds is 4. The second kappa shape index (κ2) is 6.90. The molecule has 0 saturated carbocycles. The Hall–Kier alpha value is -1.33. The predicted molar refractivity (Wildman–Crippen MR) is 79.1 cm³/mol. The fourth-order valence-corrected chi connectivity index (χ4v) is 2.81. The van der Waals surface area contributed by atoms with Crippen LogP contribution in [-0.2, 0) is 0 Å². The number of anilines is 1. The molecule has 0 aromatic carbocycles. The van der Waals surface area contributed by atoms with Crippen LogP contribution in [0.2, 0.25) is 5.15 Å². The van der Waals surface area contributed by atoms with E-state index in [9.17, 15) is 4.79 Å². The van der Waals surface area contributed by atoms with Crippen molar-refractivity contribution in [3.05, 3.63) is 22.8 Å². The number of likely N-dealkylation sites (tertiary alicyclic amines) is 1. The lowest BCUT2D eigenvalue weighted by atomic mass is 9.95. The highest BCUT2D eigenvalue weighted by Gasteiger charge is 2.24. The number of piperidine rings is 1. The summed E-state index contributed by atoms with van der Waals surface area (Å²) in [5, 5.41) is 12.2. The third kappa shape index (κ3) is 3.61. The summed E-state index contributed by atoms with van der Waals surface area (Å²) >= 11 is 5.94. The zero-order chi connectivity index (χ0) is 14.5. The number of aromatic nitrogens is 1. The molecular weight excluding hydrogens is 278 g/mol. The SMILES string of the molecule is CNc1cc(C(=O)N2CCCC(CCO)C2)cc(Cl)n1. The van der Waals surface area contributed by atoms with E-state index in [1.165, 1.54) is 0 Å². The van der Waals surface area contributed by atoms with Gasteiger partial charge in [-0.3, -0.25) is 4.79 Å². The normalized spacial score (nSPS) is 18.9. The molecule has 0 aliphatic carbocycles. The van der Waals surface area contributed by atoms with Gasteiger partial charge in [0.15, 0.2) is 0 Å². The number of hydrogen-bond acceptors (Lipinski definition) is 4. The van der Waals surface area contributed by atoms with Crippen molar-refractivity contribution in [2.45, 2.75) is 19.3 Å². The lowest BCUT2D eigenvalue weighted by molar-refractivity contribution is 0.0653. The first kappa shape index (κ1) is 15.1. The van der Waals surface area contributed by atoms with Crippen LogP contribution in [0.3, 0.4) is 0 Å². The highest BCUT2D eigenvalue weighted by Crippen LogP contribution is 2.22. The fourth-order valence-electron chi connectivity index (χ4n) is 2.60. The number of nitrogens with one attached hydrogen (secondary N) is 1. The number of halogens is 1. The predicted octanol–water partition coefficient (Wildman–Crippen LogP) is 2.01. The van der Waals surface area contributed by atoms with Gasteiger partial charge in [-0.1, -0.05) is 11.6 Å². The van der Waals surface area contributed by atoms with Gasteiger partial charge in [0.1, 0.15) is 11.0 Å². The zero-order valence-electron chi connectivity index (χ0n) is 11.6. The second-order valence-electron chi connectivity index (χ2n) is 5.09. The topological polar surface area (TPSA) is 65.5 Å². The first-order valence-electron chi connectivity index (χ1n) is 6.89. The maximum Gasteiger partial charge on any atom is 0.254 e. The Bertz CT molecular complexity index is 479. The van der Waals surface area contributed by atoms with Crippen LogP contribution < -0.4 is 5.32 Å². The fraction of sp³-hybridized carbons (Fsp3) is 0.571. The summed E-state index contributed by atoms with van der Waals surface area (Å²) in [6, 6.07) is 3.31. The number of hydrogen-bond donors (Lipinski definition) is 2. The van der Waals surface area contributed by atoms with Crippen LogP contribution in [0.1, 0.15) is 29.6 Å². The minimum atomic E-state index is -0.0200. The molecule has 1 aromatic rings. The van der Waals surface area contributed by atoms with Crippen molar-refractivity contribution in [1.82, 2.24) is 9.88 Å². The molecule has 1 aromatic heterocycles. The van der Waals surface area contributed by atoms with Crippen LogP contribution in [0.5, 0.6) is 0 Å². The molecule has 20 heavy (non-hydrogen) atoms. The highest BCUT2D eigenvalue weighted by atomic mass is 35.5. The van der Waals surface area contributed by atoms with E-state index < -0.39 is 0 Å². The summed E-state index contributed by atoms with van der Waals surface area (Å²) in [5.41, 5.74) is 0.555. The summed E-state index contributed by atoms with van der Waals surface area (Å²) in [6.45, 7) is 1.64. The monoisotopic (exact) mass is 297 g/mol. The molecule has 1 unspecified atom stereocenters. The van der Waals surface area contributed by atoms with E-state index in [0.29, 0.717) is 29.0 Å². The van der Waals surface area contributed by atoms with Crippen LogP contribution in [0.15, 0.2) is 12.1 Å².